The van der Waals surface area contributed by atoms with Crippen LogP contribution in [0.25, 0.3) is 54.6 Å². The first-order valence-electron chi connectivity index (χ1n) is 17.4. The van der Waals surface area contributed by atoms with E-state index < -0.39 is 0 Å². The van der Waals surface area contributed by atoms with Gasteiger partial charge in [-0.3, -0.25) is 0 Å². The van der Waals surface area contributed by atoms with Crippen LogP contribution in [0, 0.1) is 0 Å². The molecule has 234 valence electrons. The fraction of sp³-hybridized carbons (Fsp3) is 0.125. The molecule has 1 nitrogen and oxygen atoms in total. The molecule has 0 aromatic heterocycles. The average Bonchev–Trinajstić information content (AvgIpc) is 3.50. The lowest BCUT2D eigenvalue weighted by molar-refractivity contribution is 0.660. The monoisotopic (exact) mass is 627 g/mol. The van der Waals surface area contributed by atoms with E-state index in [2.05, 4.69) is 184 Å². The Balaban J connectivity index is 1.19. The van der Waals surface area contributed by atoms with Crippen LogP contribution in [0.4, 0.5) is 17.1 Å². The predicted molar refractivity (Wildman–Crippen MR) is 209 cm³/mol. The summed E-state index contributed by atoms with van der Waals surface area (Å²) in [5, 5.41) is 7.70. The number of nitrogens with zero attached hydrogens (tertiary/aromatic N) is 1. The molecule has 0 fully saturated rings. The summed E-state index contributed by atoms with van der Waals surface area (Å²) in [5.41, 5.74) is 14.3. The quantitative estimate of drug-likeness (QED) is 0.176. The Morgan fingerprint density at radius 2 is 0.755 bits per heavy atom. The van der Waals surface area contributed by atoms with Gasteiger partial charge in [-0.15, -0.1) is 0 Å². The molecular formula is C48H37N. The highest BCUT2D eigenvalue weighted by Crippen LogP contribution is 2.53. The van der Waals surface area contributed by atoms with E-state index in [0.717, 1.165) is 5.69 Å². The fourth-order valence-corrected chi connectivity index (χ4v) is 9.07. The Bertz CT molecular complexity index is 2570. The van der Waals surface area contributed by atoms with E-state index in [1.165, 1.54) is 88.2 Å². The number of rotatable bonds is 3. The summed E-state index contributed by atoms with van der Waals surface area (Å²) >= 11 is 0. The molecule has 0 heterocycles. The first-order valence-corrected chi connectivity index (χ1v) is 17.4. The summed E-state index contributed by atoms with van der Waals surface area (Å²) < 4.78 is 0. The third-order valence-corrected chi connectivity index (χ3v) is 11.6. The normalized spacial score (nSPS) is 14.9. The van der Waals surface area contributed by atoms with E-state index in [1.807, 2.05) is 0 Å². The van der Waals surface area contributed by atoms with Crippen molar-refractivity contribution in [2.75, 3.05) is 4.90 Å². The van der Waals surface area contributed by atoms with Gasteiger partial charge in [0.05, 0.1) is 0 Å². The molecule has 0 aliphatic heterocycles. The lowest BCUT2D eigenvalue weighted by Crippen LogP contribution is -2.18. The highest BCUT2D eigenvalue weighted by atomic mass is 15.1. The van der Waals surface area contributed by atoms with E-state index >= 15 is 0 Å². The van der Waals surface area contributed by atoms with E-state index in [0.29, 0.717) is 0 Å². The standard InChI is InChI=1S/C48H37N/c1-47(2)43-15-9-7-13-39(43)41-25-20-33(28-45(41)47)49(34-21-26-42-40-14-8-10-16-44(40)48(3,4)46(42)29-34)32-19-24-36-31(27-32)18-23-37-35-12-6-5-11-30(35)17-22-38(36)37/h5-29H,1-4H3. The van der Waals surface area contributed by atoms with Crippen molar-refractivity contribution in [3.8, 4) is 22.3 Å². The van der Waals surface area contributed by atoms with Crippen molar-refractivity contribution in [3.05, 3.63) is 174 Å². The Morgan fingerprint density at radius 1 is 0.327 bits per heavy atom. The van der Waals surface area contributed by atoms with Gasteiger partial charge in [0.15, 0.2) is 0 Å². The average molecular weight is 628 g/mol. The van der Waals surface area contributed by atoms with Gasteiger partial charge in [-0.2, -0.15) is 0 Å². The van der Waals surface area contributed by atoms with E-state index in [9.17, 15) is 0 Å². The summed E-state index contributed by atoms with van der Waals surface area (Å²) in [6, 6.07) is 56.9. The summed E-state index contributed by atoms with van der Waals surface area (Å²) in [4.78, 5) is 2.47. The summed E-state index contributed by atoms with van der Waals surface area (Å²) in [6.07, 6.45) is 0. The molecule has 0 saturated carbocycles. The van der Waals surface area contributed by atoms with E-state index in [1.54, 1.807) is 0 Å². The molecule has 1 heteroatoms. The van der Waals surface area contributed by atoms with Gasteiger partial charge in [0.1, 0.15) is 0 Å². The van der Waals surface area contributed by atoms with Crippen LogP contribution in [0.3, 0.4) is 0 Å². The molecule has 0 atom stereocenters. The highest BCUT2D eigenvalue weighted by Gasteiger charge is 2.37. The second-order valence-electron chi connectivity index (χ2n) is 15.0. The molecule has 0 amide bonds. The molecule has 2 aliphatic rings. The summed E-state index contributed by atoms with van der Waals surface area (Å²) in [6.45, 7) is 9.47. The minimum absolute atomic E-state index is 0.0831. The molecule has 10 rings (SSSR count). The summed E-state index contributed by atoms with van der Waals surface area (Å²) in [7, 11) is 0. The first-order chi connectivity index (χ1) is 23.8. The van der Waals surface area contributed by atoms with Crippen LogP contribution < -0.4 is 4.90 Å². The van der Waals surface area contributed by atoms with E-state index in [4.69, 9.17) is 0 Å². The minimum atomic E-state index is -0.0831. The second kappa shape index (κ2) is 9.94. The molecule has 0 spiro atoms. The first kappa shape index (κ1) is 28.4. The molecule has 0 radical (unpaired) electrons. The number of anilines is 3. The lowest BCUT2D eigenvalue weighted by atomic mass is 9.82. The molecule has 0 saturated heterocycles. The van der Waals surface area contributed by atoms with Gasteiger partial charge in [0.25, 0.3) is 0 Å². The predicted octanol–water partition coefficient (Wildman–Crippen LogP) is 13.2. The van der Waals surface area contributed by atoms with Gasteiger partial charge in [0.2, 0.25) is 0 Å². The Morgan fingerprint density at radius 3 is 1.37 bits per heavy atom. The van der Waals surface area contributed by atoms with Crippen LogP contribution in [0.5, 0.6) is 0 Å². The molecule has 8 aromatic carbocycles. The second-order valence-corrected chi connectivity index (χ2v) is 15.0. The maximum atomic E-state index is 2.47. The third-order valence-electron chi connectivity index (χ3n) is 11.6. The molecule has 8 aromatic rings. The topological polar surface area (TPSA) is 3.24 Å². The highest BCUT2D eigenvalue weighted by molar-refractivity contribution is 6.17. The van der Waals surface area contributed by atoms with Gasteiger partial charge in [0, 0.05) is 27.9 Å². The van der Waals surface area contributed by atoms with Crippen molar-refractivity contribution in [1.82, 2.24) is 0 Å². The van der Waals surface area contributed by atoms with Gasteiger partial charge in [-0.1, -0.05) is 143 Å². The number of hydrogen-bond donors (Lipinski definition) is 0. The van der Waals surface area contributed by atoms with E-state index in [-0.39, 0.29) is 10.8 Å². The molecule has 49 heavy (non-hydrogen) atoms. The maximum Gasteiger partial charge on any atom is 0.0468 e. The molecule has 0 N–H and O–H groups in total. The fourth-order valence-electron chi connectivity index (χ4n) is 9.07. The van der Waals surface area contributed by atoms with Crippen molar-refractivity contribution < 1.29 is 0 Å². The largest absolute Gasteiger partial charge is 0.310 e. The lowest BCUT2D eigenvalue weighted by Gasteiger charge is -2.30. The zero-order valence-electron chi connectivity index (χ0n) is 28.4. The van der Waals surface area contributed by atoms with Crippen molar-refractivity contribution in [2.45, 2.75) is 38.5 Å². The van der Waals surface area contributed by atoms with Crippen molar-refractivity contribution in [3.63, 3.8) is 0 Å². The van der Waals surface area contributed by atoms with Crippen LogP contribution in [-0.2, 0) is 10.8 Å². The van der Waals surface area contributed by atoms with Crippen molar-refractivity contribution in [2.24, 2.45) is 0 Å². The van der Waals surface area contributed by atoms with Crippen LogP contribution in [0.1, 0.15) is 49.9 Å². The van der Waals surface area contributed by atoms with Crippen molar-refractivity contribution >= 4 is 49.4 Å². The van der Waals surface area contributed by atoms with Crippen LogP contribution >= 0.6 is 0 Å². The molecule has 0 unspecified atom stereocenters. The maximum absolute atomic E-state index is 2.47. The SMILES string of the molecule is CC1(C)c2ccccc2-c2ccc(N(c3ccc4c(c3)C(C)(C)c3ccccc3-4)c3ccc4c(ccc5c6ccccc6ccc45)c3)cc21. The van der Waals surface area contributed by atoms with Gasteiger partial charge >= 0.3 is 0 Å². The molecule has 0 bridgehead atoms. The minimum Gasteiger partial charge on any atom is -0.310 e. The third kappa shape index (κ3) is 3.93. The smallest absolute Gasteiger partial charge is 0.0468 e. The number of fused-ring (bicyclic) bond motifs is 11. The van der Waals surface area contributed by atoms with Crippen LogP contribution in [-0.4, -0.2) is 0 Å². The zero-order chi connectivity index (χ0) is 33.1. The van der Waals surface area contributed by atoms with Crippen LogP contribution in [0.15, 0.2) is 152 Å². The Hall–Kier alpha value is -5.66. The molecule has 2 aliphatic carbocycles. The Labute approximate surface area is 288 Å². The number of hydrogen-bond acceptors (Lipinski definition) is 1. The zero-order valence-corrected chi connectivity index (χ0v) is 28.4. The van der Waals surface area contributed by atoms with Crippen molar-refractivity contribution in [1.29, 1.82) is 0 Å². The van der Waals surface area contributed by atoms with Gasteiger partial charge < -0.3 is 4.90 Å². The summed E-state index contributed by atoms with van der Waals surface area (Å²) in [5.74, 6) is 0. The van der Waals surface area contributed by atoms with Gasteiger partial charge in [-0.25, -0.2) is 0 Å². The number of benzene rings is 8. The van der Waals surface area contributed by atoms with Gasteiger partial charge in [-0.05, 0) is 113 Å². The Kier molecular flexibility index (Phi) is 5.75. The van der Waals surface area contributed by atoms with Crippen LogP contribution in [0.2, 0.25) is 0 Å². The molecular weight excluding hydrogens is 591 g/mol.